The number of esters is 2. The minimum absolute atomic E-state index is 0.525. The topological polar surface area (TPSA) is 172 Å². The smallest absolute Gasteiger partial charge is 0.367 e. The van der Waals surface area contributed by atoms with Crippen LogP contribution >= 0.6 is 0 Å². The first-order chi connectivity index (χ1) is 11.2. The Morgan fingerprint density at radius 3 is 2.75 bits per heavy atom. The summed E-state index contributed by atoms with van der Waals surface area (Å²) in [7, 11) is 0. The van der Waals surface area contributed by atoms with Gasteiger partial charge in [-0.1, -0.05) is 0 Å². The van der Waals surface area contributed by atoms with Crippen molar-refractivity contribution in [2.45, 2.75) is 49.6 Å². The van der Waals surface area contributed by atoms with E-state index in [2.05, 4.69) is 10.1 Å². The van der Waals surface area contributed by atoms with Crippen molar-refractivity contribution in [3.63, 3.8) is 0 Å². The highest BCUT2D eigenvalue weighted by atomic mass is 16.7. The average molecular weight is 349 g/mol. The Balaban J connectivity index is 2.22. The Bertz CT molecular complexity index is 525. The molecule has 2 aliphatic rings. The van der Waals surface area contributed by atoms with Gasteiger partial charge in [0, 0.05) is 13.3 Å². The van der Waals surface area contributed by atoms with Crippen molar-refractivity contribution in [3.05, 3.63) is 0 Å². The molecule has 0 aromatic rings. The molecule has 136 valence electrons. The van der Waals surface area contributed by atoms with Crippen LogP contribution in [0.25, 0.3) is 0 Å². The first kappa shape index (κ1) is 18.5. The molecule has 0 aliphatic carbocycles. The standard InChI is InChI=1S/C13H19NO10/c1-5(16)22-4-7(18)10-11-9(14-8(19)3-15)6(17)2-13(21,24-11)12(20)23-10/h6-7,9-11,15,17-18,21H,2-4H2,1H3,(H,14,19)/t6-,7+,9+,10+,11+,13?/m0/s1. The number of nitrogens with one attached hydrogen (secondary N) is 1. The molecule has 2 fully saturated rings. The zero-order valence-electron chi connectivity index (χ0n) is 12.7. The second-order valence-electron chi connectivity index (χ2n) is 5.63. The molecule has 2 rings (SSSR count). The molecule has 2 aliphatic heterocycles. The van der Waals surface area contributed by atoms with Gasteiger partial charge in [0.05, 0.1) is 12.1 Å². The molecule has 1 amide bonds. The number of ether oxygens (including phenoxy) is 3. The third kappa shape index (κ3) is 3.65. The monoisotopic (exact) mass is 349 g/mol. The predicted octanol–water partition coefficient (Wildman–Crippen LogP) is -3.85. The van der Waals surface area contributed by atoms with Gasteiger partial charge < -0.3 is 40.0 Å². The van der Waals surface area contributed by atoms with Crippen molar-refractivity contribution in [1.29, 1.82) is 0 Å². The van der Waals surface area contributed by atoms with Gasteiger partial charge in [-0.15, -0.1) is 0 Å². The molecular weight excluding hydrogens is 330 g/mol. The van der Waals surface area contributed by atoms with Crippen molar-refractivity contribution in [1.82, 2.24) is 5.32 Å². The second kappa shape index (κ2) is 6.99. The molecule has 2 bridgehead atoms. The van der Waals surface area contributed by atoms with Crippen molar-refractivity contribution in [3.8, 4) is 0 Å². The number of aliphatic hydroxyl groups is 4. The first-order valence-electron chi connectivity index (χ1n) is 7.19. The van der Waals surface area contributed by atoms with Gasteiger partial charge in [-0.25, -0.2) is 4.79 Å². The van der Waals surface area contributed by atoms with Gasteiger partial charge in [-0.3, -0.25) is 9.59 Å². The largest absolute Gasteiger partial charge is 0.463 e. The number of hydrogen-bond donors (Lipinski definition) is 5. The number of hydrogen-bond acceptors (Lipinski definition) is 10. The van der Waals surface area contributed by atoms with E-state index < -0.39 is 73.7 Å². The molecule has 0 radical (unpaired) electrons. The molecule has 0 saturated carbocycles. The lowest BCUT2D eigenvalue weighted by atomic mass is 9.86. The van der Waals surface area contributed by atoms with E-state index in [1.54, 1.807) is 0 Å². The highest BCUT2D eigenvalue weighted by Crippen LogP contribution is 2.36. The van der Waals surface area contributed by atoms with E-state index in [1.165, 1.54) is 0 Å². The summed E-state index contributed by atoms with van der Waals surface area (Å²) in [5, 5.41) is 41.3. The van der Waals surface area contributed by atoms with E-state index in [0.717, 1.165) is 6.92 Å². The van der Waals surface area contributed by atoms with Crippen LogP contribution in [0.2, 0.25) is 0 Å². The molecule has 0 aromatic carbocycles. The minimum atomic E-state index is -2.41. The predicted molar refractivity (Wildman–Crippen MR) is 72.0 cm³/mol. The maximum absolute atomic E-state index is 11.9. The molecule has 11 heteroatoms. The molecule has 11 nitrogen and oxygen atoms in total. The summed E-state index contributed by atoms with van der Waals surface area (Å²) in [5.74, 6) is -5.14. The molecule has 0 aromatic heterocycles. The third-order valence-electron chi connectivity index (χ3n) is 3.78. The zero-order valence-corrected chi connectivity index (χ0v) is 12.7. The molecule has 5 N–H and O–H groups in total. The Morgan fingerprint density at radius 2 is 2.17 bits per heavy atom. The number of carbonyl (C=O) groups excluding carboxylic acids is 3. The highest BCUT2D eigenvalue weighted by molar-refractivity contribution is 5.80. The Morgan fingerprint density at radius 1 is 1.50 bits per heavy atom. The van der Waals surface area contributed by atoms with Crippen molar-refractivity contribution in [2.75, 3.05) is 13.2 Å². The molecule has 0 spiro atoms. The van der Waals surface area contributed by atoms with Gasteiger partial charge in [0.2, 0.25) is 5.91 Å². The number of rotatable bonds is 5. The molecule has 6 atom stereocenters. The summed E-state index contributed by atoms with van der Waals surface area (Å²) < 4.78 is 14.8. The SMILES string of the molecule is CC(=O)OC[C@@H](O)[C@H]1OC(=O)C2(O)C[C@H](O)[C@@H](NC(=O)CO)[C@H]1O2. The number of aliphatic hydroxyl groups excluding tert-OH is 3. The maximum Gasteiger partial charge on any atom is 0.367 e. The van der Waals surface area contributed by atoms with Gasteiger partial charge in [0.15, 0.2) is 6.10 Å². The van der Waals surface area contributed by atoms with Crippen molar-refractivity contribution < 1.29 is 49.0 Å². The first-order valence-corrected chi connectivity index (χ1v) is 7.19. The van der Waals surface area contributed by atoms with E-state index >= 15 is 0 Å². The zero-order chi connectivity index (χ0) is 18.1. The lowest BCUT2D eigenvalue weighted by molar-refractivity contribution is -0.330. The molecule has 2 heterocycles. The molecular formula is C13H19NO10. The molecule has 2 saturated heterocycles. The van der Waals surface area contributed by atoms with Crippen LogP contribution in [0, 0.1) is 0 Å². The quantitative estimate of drug-likeness (QED) is 0.309. The van der Waals surface area contributed by atoms with Crippen molar-refractivity contribution in [2.24, 2.45) is 0 Å². The Labute approximate surface area is 136 Å². The number of carbonyl (C=O) groups is 3. The van der Waals surface area contributed by atoms with Crippen LogP contribution < -0.4 is 5.32 Å². The van der Waals surface area contributed by atoms with Crippen LogP contribution in [0.3, 0.4) is 0 Å². The lowest BCUT2D eigenvalue weighted by Crippen LogP contribution is -2.72. The van der Waals surface area contributed by atoms with Gasteiger partial charge in [-0.05, 0) is 0 Å². The fourth-order valence-electron chi connectivity index (χ4n) is 2.67. The van der Waals surface area contributed by atoms with Gasteiger partial charge >= 0.3 is 11.9 Å². The van der Waals surface area contributed by atoms with Gasteiger partial charge in [0.25, 0.3) is 5.79 Å². The van der Waals surface area contributed by atoms with Crippen LogP contribution in [0.4, 0.5) is 0 Å². The third-order valence-corrected chi connectivity index (χ3v) is 3.78. The summed E-state index contributed by atoms with van der Waals surface area (Å²) in [5.41, 5.74) is 0. The number of fused-ring (bicyclic) bond motifs is 2. The van der Waals surface area contributed by atoms with E-state index in [4.69, 9.17) is 14.6 Å². The maximum atomic E-state index is 11.9. The summed E-state index contributed by atoms with van der Waals surface area (Å²) in [4.78, 5) is 34.1. The second-order valence-corrected chi connectivity index (χ2v) is 5.63. The Kier molecular flexibility index (Phi) is 5.40. The lowest BCUT2D eigenvalue weighted by Gasteiger charge is -2.50. The van der Waals surface area contributed by atoms with Crippen LogP contribution in [0.1, 0.15) is 13.3 Å². The van der Waals surface area contributed by atoms with Crippen LogP contribution in [0.15, 0.2) is 0 Å². The van der Waals surface area contributed by atoms with Crippen LogP contribution in [0.5, 0.6) is 0 Å². The normalized spacial score (nSPS) is 36.5. The fourth-order valence-corrected chi connectivity index (χ4v) is 2.67. The average Bonchev–Trinajstić information content (AvgIpc) is 2.51. The molecule has 1 unspecified atom stereocenters. The van der Waals surface area contributed by atoms with Gasteiger partial charge in [-0.2, -0.15) is 0 Å². The summed E-state index contributed by atoms with van der Waals surface area (Å²) in [6, 6.07) is -1.17. The van der Waals surface area contributed by atoms with E-state index in [-0.39, 0.29) is 0 Å². The number of cyclic esters (lactones) is 1. The van der Waals surface area contributed by atoms with Gasteiger partial charge in [0.1, 0.15) is 25.4 Å². The number of amides is 1. The van der Waals surface area contributed by atoms with Crippen LogP contribution in [-0.4, -0.2) is 87.7 Å². The van der Waals surface area contributed by atoms with E-state index in [0.29, 0.717) is 0 Å². The molecule has 24 heavy (non-hydrogen) atoms. The fraction of sp³-hybridized carbons (Fsp3) is 0.769. The van der Waals surface area contributed by atoms with Crippen molar-refractivity contribution >= 4 is 17.8 Å². The summed E-state index contributed by atoms with van der Waals surface area (Å²) in [6.07, 6.45) is -6.23. The van der Waals surface area contributed by atoms with E-state index in [9.17, 15) is 29.7 Å². The summed E-state index contributed by atoms with van der Waals surface area (Å²) >= 11 is 0. The summed E-state index contributed by atoms with van der Waals surface area (Å²) in [6.45, 7) is -0.271. The minimum Gasteiger partial charge on any atom is -0.463 e. The van der Waals surface area contributed by atoms with Crippen LogP contribution in [-0.2, 0) is 28.6 Å². The highest BCUT2D eigenvalue weighted by Gasteiger charge is 2.60. The Hall–Kier alpha value is -1.79. The van der Waals surface area contributed by atoms with E-state index in [1.807, 2.05) is 0 Å².